The number of hydrogen-bond donors (Lipinski definition) is 2. The van der Waals surface area contributed by atoms with Gasteiger partial charge in [0.25, 0.3) is 9.05 Å². The fraction of sp³-hybridized carbons (Fsp3) is 0.286. The van der Waals surface area contributed by atoms with E-state index in [0.717, 1.165) is 53.5 Å². The van der Waals surface area contributed by atoms with Crippen LogP contribution < -0.4 is 16.1 Å². The number of aromatic nitrogens is 6. The average molecular weight is 1410 g/mol. The number of fused-ring (bicyclic) bond motifs is 4. The molecule has 1 aliphatic heterocycles. The number of anilines is 2. The van der Waals surface area contributed by atoms with Crippen molar-refractivity contribution in [3.8, 4) is 11.1 Å². The zero-order valence-corrected chi connectivity index (χ0v) is 55.2. The zero-order chi connectivity index (χ0) is 61.7. The third-order valence-corrected chi connectivity index (χ3v) is 20.0. The summed E-state index contributed by atoms with van der Waals surface area (Å²) < 4.78 is 88.2. The normalized spacial score (nSPS) is 15.7. The topological polar surface area (TPSA) is 263 Å². The van der Waals surface area contributed by atoms with Crippen LogP contribution >= 0.6 is 58.5 Å². The molecule has 5 aliphatic rings. The lowest BCUT2D eigenvalue weighted by Gasteiger charge is -2.32. The van der Waals surface area contributed by atoms with Crippen LogP contribution in [0, 0.1) is 0 Å². The first-order valence-corrected chi connectivity index (χ1v) is 33.2. The molecule has 84 heavy (non-hydrogen) atoms. The van der Waals surface area contributed by atoms with E-state index < -0.39 is 36.2 Å². The fourth-order valence-corrected chi connectivity index (χ4v) is 13.0. The van der Waals surface area contributed by atoms with Gasteiger partial charge in [-0.25, -0.2) is 43.8 Å². The molecule has 0 aromatic carbocycles. The SMILES string of the molecule is Brc1cnc2c(c1)C=CC2.CC(=O)Nc1cc(-c2cnc3c(c2)C(S(=O)(=O)N(C)C)=CC3)ccn1.CC(=O)Nc1cc(B2OC(C)(C)C(C)(C)O2)ccn1.CN(C)S(=O)(=O)C1=CCc2ncc(Br)cc21.O=S(=O)(Cl)C1=CCc2ncc(Br)cc21. The smallest absolute Gasteiger partial charge is 0.399 e. The number of nitrogens with one attached hydrogen (secondary N) is 2. The molecule has 2 amide bonds. The van der Waals surface area contributed by atoms with Gasteiger partial charge in [-0.05, 0) is 141 Å². The predicted octanol–water partition coefficient (Wildman–Crippen LogP) is 9.59. The molecule has 1 fully saturated rings. The lowest BCUT2D eigenvalue weighted by Crippen LogP contribution is -2.41. The van der Waals surface area contributed by atoms with E-state index in [4.69, 9.17) is 20.0 Å². The van der Waals surface area contributed by atoms with Crippen molar-refractivity contribution < 1.29 is 44.2 Å². The van der Waals surface area contributed by atoms with Crippen molar-refractivity contribution in [1.82, 2.24) is 38.5 Å². The molecule has 0 bridgehead atoms. The lowest BCUT2D eigenvalue weighted by atomic mass is 9.80. The van der Waals surface area contributed by atoms with E-state index in [2.05, 4.69) is 107 Å². The molecule has 28 heteroatoms. The minimum absolute atomic E-state index is 0.154. The standard InChI is InChI=1S/C17H18N4O3S.C13H19BN2O3.C10H11BrN2O2S.C8H5BrClNO2S.C8H6BrN/c1-11(22)20-17-9-12(6-7-18-17)13-8-14-15(19-10-13)4-5-16(14)25(23,24)21(2)3;1-9(17)16-11-8-10(6-7-15-11)14-18-12(2,3)13(4,5)19-14;1-13(2)16(14,15)10-4-3-9-8(10)5-7(11)6-12-9;9-5-3-6-7(11-4-5)1-2-8(6)14(10,12)13;9-7-4-6-2-1-3-8(6)10-5-7/h5-10H,4H2,1-3H3,(H,18,20,22);6-8H,1-5H3,(H,15,16,17);4-6H,3H2,1-2H3;2-4H,1H2;1-2,4-5H,3H2. The lowest BCUT2D eigenvalue weighted by molar-refractivity contribution is -0.115. The molecule has 6 aromatic heterocycles. The highest BCUT2D eigenvalue weighted by molar-refractivity contribution is 9.11. The second kappa shape index (κ2) is 26.9. The summed E-state index contributed by atoms with van der Waals surface area (Å²) in [5, 5.41) is 5.28. The minimum Gasteiger partial charge on any atom is -0.399 e. The van der Waals surface area contributed by atoms with Gasteiger partial charge in [-0.1, -0.05) is 30.4 Å². The maximum absolute atomic E-state index is 12.5. The highest BCUT2D eigenvalue weighted by Gasteiger charge is 2.51. The van der Waals surface area contributed by atoms with Gasteiger partial charge in [0, 0.05) is 151 Å². The largest absolute Gasteiger partial charge is 0.495 e. The number of carbonyl (C=O) groups is 2. The van der Waals surface area contributed by atoms with Gasteiger partial charge in [-0.15, -0.1) is 0 Å². The number of hydrogen-bond acceptors (Lipinski definition) is 16. The summed E-state index contributed by atoms with van der Waals surface area (Å²) in [6.45, 7) is 10.9. The molecular weight excluding hydrogens is 1350 g/mol. The van der Waals surface area contributed by atoms with E-state index in [1.165, 1.54) is 61.9 Å². The van der Waals surface area contributed by atoms with Crippen LogP contribution in [0.3, 0.4) is 0 Å². The third kappa shape index (κ3) is 16.0. The molecule has 0 radical (unpaired) electrons. The number of halogens is 4. The van der Waals surface area contributed by atoms with Crippen molar-refractivity contribution in [2.75, 3.05) is 38.8 Å². The Hall–Kier alpha value is -5.72. The molecule has 442 valence electrons. The van der Waals surface area contributed by atoms with Gasteiger partial charge in [0.1, 0.15) is 11.6 Å². The minimum atomic E-state index is -3.66. The van der Waals surface area contributed by atoms with Gasteiger partial charge < -0.3 is 19.9 Å². The third-order valence-electron chi connectivity index (χ3n) is 13.5. The molecule has 20 nitrogen and oxygen atoms in total. The second-order valence-corrected chi connectivity index (χ2v) is 30.0. The summed E-state index contributed by atoms with van der Waals surface area (Å²) in [4.78, 5) is 48.1. The van der Waals surface area contributed by atoms with Crippen molar-refractivity contribution in [2.45, 2.75) is 78.4 Å². The van der Waals surface area contributed by atoms with Crippen LogP contribution in [-0.4, -0.2) is 122 Å². The van der Waals surface area contributed by atoms with Gasteiger partial charge in [0.15, 0.2) is 0 Å². The van der Waals surface area contributed by atoms with Crippen LogP contribution in [0.2, 0.25) is 0 Å². The number of rotatable bonds is 9. The van der Waals surface area contributed by atoms with Crippen LogP contribution in [0.25, 0.3) is 31.9 Å². The molecule has 0 spiro atoms. The molecule has 0 atom stereocenters. The van der Waals surface area contributed by atoms with Gasteiger partial charge in [-0.2, -0.15) is 0 Å². The van der Waals surface area contributed by atoms with E-state index in [1.807, 2.05) is 46.0 Å². The number of allylic oxidation sites excluding steroid dienone is 4. The first kappa shape index (κ1) is 65.8. The Labute approximate surface area is 519 Å². The molecule has 0 unspecified atom stereocenters. The molecule has 2 N–H and O–H groups in total. The predicted molar refractivity (Wildman–Crippen MR) is 340 cm³/mol. The molecule has 6 aromatic rings. The first-order chi connectivity index (χ1) is 39.3. The number of pyridine rings is 6. The first-order valence-electron chi connectivity index (χ1n) is 25.6. The van der Waals surface area contributed by atoms with Gasteiger partial charge in [-0.3, -0.25) is 29.5 Å². The summed E-state index contributed by atoms with van der Waals surface area (Å²) in [5.74, 6) is 0.569. The van der Waals surface area contributed by atoms with Crippen LogP contribution in [0.4, 0.5) is 11.6 Å². The number of amides is 2. The van der Waals surface area contributed by atoms with Crippen molar-refractivity contribution in [2.24, 2.45) is 0 Å². The van der Waals surface area contributed by atoms with E-state index in [1.54, 1.807) is 79.5 Å². The maximum atomic E-state index is 12.5. The molecule has 4 aliphatic carbocycles. The maximum Gasteiger partial charge on any atom is 0.495 e. The molecule has 0 saturated carbocycles. The van der Waals surface area contributed by atoms with Crippen LogP contribution in [0.15, 0.2) is 123 Å². The Morgan fingerprint density at radius 1 is 0.560 bits per heavy atom. The Kier molecular flexibility index (Phi) is 21.1. The van der Waals surface area contributed by atoms with Crippen LogP contribution in [-0.2, 0) is 73.7 Å². The zero-order valence-electron chi connectivity index (χ0n) is 47.3. The van der Waals surface area contributed by atoms with Crippen molar-refractivity contribution >= 4 is 144 Å². The van der Waals surface area contributed by atoms with Gasteiger partial charge in [0.05, 0.1) is 48.7 Å². The summed E-state index contributed by atoms with van der Waals surface area (Å²) in [6.07, 6.45) is 21.8. The van der Waals surface area contributed by atoms with Crippen molar-refractivity contribution in [3.63, 3.8) is 0 Å². The molecular formula is C56H59BBr3ClN10O10S3. The summed E-state index contributed by atoms with van der Waals surface area (Å²) in [7, 11) is 0.346. The fourth-order valence-electron chi connectivity index (χ4n) is 8.50. The Morgan fingerprint density at radius 2 is 0.988 bits per heavy atom. The van der Waals surface area contributed by atoms with Crippen molar-refractivity contribution in [3.05, 3.63) is 168 Å². The highest BCUT2D eigenvalue weighted by Crippen LogP contribution is 2.38. The van der Waals surface area contributed by atoms with E-state index in [-0.39, 0.29) is 32.8 Å². The Morgan fingerprint density at radius 3 is 1.48 bits per heavy atom. The van der Waals surface area contributed by atoms with Gasteiger partial charge in [0.2, 0.25) is 31.9 Å². The summed E-state index contributed by atoms with van der Waals surface area (Å²) >= 11 is 9.90. The molecule has 7 heterocycles. The quantitative estimate of drug-likeness (QED) is 0.101. The van der Waals surface area contributed by atoms with E-state index >= 15 is 0 Å². The number of nitrogens with zero attached hydrogens (tertiary/aromatic N) is 8. The highest BCUT2D eigenvalue weighted by atomic mass is 79.9. The second-order valence-electron chi connectivity index (χ2n) is 20.5. The van der Waals surface area contributed by atoms with Gasteiger partial charge >= 0.3 is 7.12 Å². The van der Waals surface area contributed by atoms with Crippen molar-refractivity contribution in [1.29, 1.82) is 0 Å². The number of sulfonamides is 2. The Bertz CT molecular complexity index is 4020. The van der Waals surface area contributed by atoms with E-state index in [9.17, 15) is 34.8 Å². The monoisotopic (exact) mass is 1410 g/mol. The van der Waals surface area contributed by atoms with Crippen LogP contribution in [0.1, 0.15) is 86.6 Å². The molecule has 11 rings (SSSR count). The van der Waals surface area contributed by atoms with E-state index in [0.29, 0.717) is 52.5 Å². The molecule has 1 saturated heterocycles. The average Bonchev–Trinajstić information content (AvgIpc) is 3.85. The summed E-state index contributed by atoms with van der Waals surface area (Å²) in [5.41, 5.74) is 8.26. The summed E-state index contributed by atoms with van der Waals surface area (Å²) in [6, 6.07) is 14.5. The Balaban J connectivity index is 0.000000155. The van der Waals surface area contributed by atoms with Crippen LogP contribution in [0.5, 0.6) is 0 Å². The number of carbonyl (C=O) groups excluding carboxylic acids is 2.